The van der Waals surface area contributed by atoms with Crippen LogP contribution in [0.1, 0.15) is 18.4 Å². The maximum Gasteiger partial charge on any atom is 0.227 e. The van der Waals surface area contributed by atoms with Crippen molar-refractivity contribution in [3.05, 3.63) is 60.2 Å². The maximum absolute atomic E-state index is 12.6. The van der Waals surface area contributed by atoms with Crippen LogP contribution in [0.15, 0.2) is 54.6 Å². The van der Waals surface area contributed by atoms with Crippen molar-refractivity contribution in [1.29, 1.82) is 0 Å². The van der Waals surface area contributed by atoms with E-state index in [1.807, 2.05) is 59.5 Å². The van der Waals surface area contributed by atoms with E-state index in [1.54, 1.807) is 7.11 Å². The van der Waals surface area contributed by atoms with Crippen LogP contribution in [0.25, 0.3) is 0 Å². The highest BCUT2D eigenvalue weighted by molar-refractivity contribution is 5.79. The van der Waals surface area contributed by atoms with Gasteiger partial charge in [0.2, 0.25) is 5.91 Å². The highest BCUT2D eigenvalue weighted by atomic mass is 16.5. The predicted octanol–water partition coefficient (Wildman–Crippen LogP) is 3.31. The molecule has 4 nitrogen and oxygen atoms in total. The fourth-order valence-corrected chi connectivity index (χ4v) is 3.02. The lowest BCUT2D eigenvalue weighted by Crippen LogP contribution is -2.45. The molecule has 1 fully saturated rings. The number of hydrogen-bond acceptors (Lipinski definition) is 3. The zero-order valence-electron chi connectivity index (χ0n) is 14.0. The summed E-state index contributed by atoms with van der Waals surface area (Å²) >= 11 is 0. The van der Waals surface area contributed by atoms with Gasteiger partial charge in [0, 0.05) is 6.54 Å². The molecule has 1 unspecified atom stereocenters. The van der Waals surface area contributed by atoms with Gasteiger partial charge in [-0.25, -0.2) is 0 Å². The van der Waals surface area contributed by atoms with Crippen molar-refractivity contribution in [1.82, 2.24) is 4.90 Å². The van der Waals surface area contributed by atoms with Gasteiger partial charge in [-0.05, 0) is 42.7 Å². The Morgan fingerprint density at radius 2 is 1.92 bits per heavy atom. The number of para-hydroxylation sites is 1. The van der Waals surface area contributed by atoms with Crippen molar-refractivity contribution >= 4 is 5.91 Å². The Hall–Kier alpha value is -2.49. The van der Waals surface area contributed by atoms with E-state index in [2.05, 4.69) is 0 Å². The minimum Gasteiger partial charge on any atom is -0.497 e. The van der Waals surface area contributed by atoms with Gasteiger partial charge < -0.3 is 14.4 Å². The van der Waals surface area contributed by atoms with Gasteiger partial charge in [-0.1, -0.05) is 30.3 Å². The van der Waals surface area contributed by atoms with Crippen molar-refractivity contribution in [3.63, 3.8) is 0 Å². The Labute approximate surface area is 143 Å². The van der Waals surface area contributed by atoms with Gasteiger partial charge in [-0.15, -0.1) is 0 Å². The molecule has 1 aliphatic rings. The van der Waals surface area contributed by atoms with Crippen molar-refractivity contribution < 1.29 is 14.3 Å². The van der Waals surface area contributed by atoms with Gasteiger partial charge in [0.15, 0.2) is 0 Å². The zero-order valence-corrected chi connectivity index (χ0v) is 14.0. The van der Waals surface area contributed by atoms with Crippen molar-refractivity contribution in [2.75, 3.05) is 20.2 Å². The summed E-state index contributed by atoms with van der Waals surface area (Å²) in [6.07, 6.45) is 2.42. The number of carbonyl (C=O) groups is 1. The summed E-state index contributed by atoms with van der Waals surface area (Å²) in [5, 5.41) is 0. The molecule has 1 aliphatic heterocycles. The van der Waals surface area contributed by atoms with Gasteiger partial charge in [-0.3, -0.25) is 4.79 Å². The van der Waals surface area contributed by atoms with E-state index in [-0.39, 0.29) is 12.0 Å². The fourth-order valence-electron chi connectivity index (χ4n) is 3.02. The molecular weight excluding hydrogens is 302 g/mol. The lowest BCUT2D eigenvalue weighted by atomic mass is 10.1. The smallest absolute Gasteiger partial charge is 0.227 e. The number of methoxy groups -OCH3 is 1. The predicted molar refractivity (Wildman–Crippen MR) is 93.4 cm³/mol. The highest BCUT2D eigenvalue weighted by Gasteiger charge is 2.24. The molecule has 2 aromatic rings. The summed E-state index contributed by atoms with van der Waals surface area (Å²) < 4.78 is 11.2. The Morgan fingerprint density at radius 3 is 2.71 bits per heavy atom. The molecule has 0 spiro atoms. The van der Waals surface area contributed by atoms with Gasteiger partial charge in [0.1, 0.15) is 17.6 Å². The lowest BCUT2D eigenvalue weighted by molar-refractivity contribution is -0.133. The van der Waals surface area contributed by atoms with E-state index in [4.69, 9.17) is 9.47 Å². The maximum atomic E-state index is 12.6. The molecule has 126 valence electrons. The Morgan fingerprint density at radius 1 is 1.12 bits per heavy atom. The van der Waals surface area contributed by atoms with Crippen LogP contribution in [-0.4, -0.2) is 37.1 Å². The highest BCUT2D eigenvalue weighted by Crippen LogP contribution is 2.19. The molecule has 1 amide bonds. The van der Waals surface area contributed by atoms with E-state index in [0.717, 1.165) is 36.4 Å². The SMILES string of the molecule is COc1cccc(CC(=O)N2CCCC(Oc3ccccc3)C2)c1. The van der Waals surface area contributed by atoms with E-state index in [0.29, 0.717) is 13.0 Å². The molecule has 0 aromatic heterocycles. The van der Waals surface area contributed by atoms with Crippen LogP contribution in [0.4, 0.5) is 0 Å². The van der Waals surface area contributed by atoms with E-state index >= 15 is 0 Å². The van der Waals surface area contributed by atoms with Crippen molar-refractivity contribution in [2.24, 2.45) is 0 Å². The first-order valence-corrected chi connectivity index (χ1v) is 8.37. The Bertz CT molecular complexity index is 672. The number of nitrogens with zero attached hydrogens (tertiary/aromatic N) is 1. The molecular formula is C20H23NO3. The number of rotatable bonds is 5. The van der Waals surface area contributed by atoms with Crippen LogP contribution in [0.3, 0.4) is 0 Å². The van der Waals surface area contributed by atoms with Crippen molar-refractivity contribution in [2.45, 2.75) is 25.4 Å². The van der Waals surface area contributed by atoms with E-state index in [9.17, 15) is 4.79 Å². The van der Waals surface area contributed by atoms with Crippen LogP contribution < -0.4 is 9.47 Å². The second kappa shape index (κ2) is 7.86. The molecule has 24 heavy (non-hydrogen) atoms. The lowest BCUT2D eigenvalue weighted by Gasteiger charge is -2.33. The summed E-state index contributed by atoms with van der Waals surface area (Å²) in [6.45, 7) is 1.45. The quantitative estimate of drug-likeness (QED) is 0.846. The minimum absolute atomic E-state index is 0.0652. The molecule has 0 aliphatic carbocycles. The normalized spacial score (nSPS) is 17.4. The third-order valence-electron chi connectivity index (χ3n) is 4.27. The minimum atomic E-state index is 0.0652. The van der Waals surface area contributed by atoms with Crippen LogP contribution in [0.2, 0.25) is 0 Å². The molecule has 0 saturated carbocycles. The van der Waals surface area contributed by atoms with Crippen LogP contribution >= 0.6 is 0 Å². The topological polar surface area (TPSA) is 38.8 Å². The Kier molecular flexibility index (Phi) is 5.36. The second-order valence-electron chi connectivity index (χ2n) is 6.06. The largest absolute Gasteiger partial charge is 0.497 e. The third kappa shape index (κ3) is 4.28. The average Bonchev–Trinajstić information content (AvgIpc) is 2.63. The molecule has 1 saturated heterocycles. The first kappa shape index (κ1) is 16.4. The molecule has 1 heterocycles. The van der Waals surface area contributed by atoms with E-state index < -0.39 is 0 Å². The van der Waals surface area contributed by atoms with Gasteiger partial charge >= 0.3 is 0 Å². The molecule has 4 heteroatoms. The van der Waals surface area contributed by atoms with Crippen LogP contribution in [0.5, 0.6) is 11.5 Å². The van der Waals surface area contributed by atoms with Crippen LogP contribution in [0, 0.1) is 0 Å². The summed E-state index contributed by atoms with van der Waals surface area (Å²) in [4.78, 5) is 14.5. The van der Waals surface area contributed by atoms with Crippen LogP contribution in [-0.2, 0) is 11.2 Å². The fraction of sp³-hybridized carbons (Fsp3) is 0.350. The first-order chi connectivity index (χ1) is 11.7. The molecule has 0 N–H and O–H groups in total. The summed E-state index contributed by atoms with van der Waals surface area (Å²) in [7, 11) is 1.64. The average molecular weight is 325 g/mol. The molecule has 3 rings (SSSR count). The molecule has 0 bridgehead atoms. The number of piperidine rings is 1. The van der Waals surface area contributed by atoms with E-state index in [1.165, 1.54) is 0 Å². The summed E-state index contributed by atoms with van der Waals surface area (Å²) in [6, 6.07) is 17.5. The monoisotopic (exact) mass is 325 g/mol. The second-order valence-corrected chi connectivity index (χ2v) is 6.06. The third-order valence-corrected chi connectivity index (χ3v) is 4.27. The number of hydrogen-bond donors (Lipinski definition) is 0. The summed E-state index contributed by atoms with van der Waals surface area (Å²) in [5.74, 6) is 1.79. The molecule has 2 aromatic carbocycles. The van der Waals surface area contributed by atoms with Gasteiger partial charge in [0.25, 0.3) is 0 Å². The molecule has 0 radical (unpaired) electrons. The van der Waals surface area contributed by atoms with Gasteiger partial charge in [-0.2, -0.15) is 0 Å². The van der Waals surface area contributed by atoms with Crippen molar-refractivity contribution in [3.8, 4) is 11.5 Å². The van der Waals surface area contributed by atoms with Gasteiger partial charge in [0.05, 0.1) is 20.1 Å². The number of likely N-dealkylation sites (tertiary alicyclic amines) is 1. The molecule has 1 atom stereocenters. The Balaban J connectivity index is 1.58. The zero-order chi connectivity index (χ0) is 16.8. The number of ether oxygens (including phenoxy) is 2. The number of amides is 1. The number of carbonyl (C=O) groups excluding carboxylic acids is 1. The first-order valence-electron chi connectivity index (χ1n) is 8.37. The number of benzene rings is 2. The standard InChI is InChI=1S/C20H23NO3/c1-23-18-10-5-7-16(13-18)14-20(22)21-12-6-11-19(15-21)24-17-8-3-2-4-9-17/h2-5,7-10,13,19H,6,11-12,14-15H2,1H3. The summed E-state index contributed by atoms with van der Waals surface area (Å²) in [5.41, 5.74) is 0.977.